The largest absolute Gasteiger partial charge is 0.465 e. The van der Waals surface area contributed by atoms with Crippen molar-refractivity contribution in [1.82, 2.24) is 20.0 Å². The normalized spacial score (nSPS) is 16.5. The molecule has 2 N–H and O–H groups in total. The summed E-state index contributed by atoms with van der Waals surface area (Å²) < 4.78 is 5.33. The summed E-state index contributed by atoms with van der Waals surface area (Å²) in [6.45, 7) is 0.845. The highest BCUT2D eigenvalue weighted by molar-refractivity contribution is 6.33. The first-order chi connectivity index (χ1) is 13.1. The number of anilines is 2. The van der Waals surface area contributed by atoms with E-state index in [0.717, 1.165) is 5.69 Å². The minimum Gasteiger partial charge on any atom is -0.465 e. The van der Waals surface area contributed by atoms with Crippen molar-refractivity contribution in [3.8, 4) is 11.4 Å². The van der Waals surface area contributed by atoms with E-state index in [9.17, 15) is 4.79 Å². The van der Waals surface area contributed by atoms with Gasteiger partial charge in [0.2, 0.25) is 11.7 Å². The zero-order chi connectivity index (χ0) is 18.8. The Morgan fingerprint density at radius 2 is 2.15 bits per heavy atom. The number of hydrogen-bond acceptors (Lipinski definition) is 6. The van der Waals surface area contributed by atoms with Crippen molar-refractivity contribution in [2.75, 3.05) is 18.4 Å². The lowest BCUT2D eigenvalue weighted by atomic mass is 10.1. The minimum atomic E-state index is -0.928. The Bertz CT molecular complexity index is 960. The molecule has 0 spiro atoms. The highest BCUT2D eigenvalue weighted by Crippen LogP contribution is 2.28. The maximum Gasteiger partial charge on any atom is 0.407 e. The predicted molar refractivity (Wildman–Crippen MR) is 99.2 cm³/mol. The minimum absolute atomic E-state index is 0.0727. The second-order valence-corrected chi connectivity index (χ2v) is 6.61. The van der Waals surface area contributed by atoms with E-state index in [-0.39, 0.29) is 5.92 Å². The summed E-state index contributed by atoms with van der Waals surface area (Å²) in [7, 11) is 0. The molecule has 3 aromatic rings. The average Bonchev–Trinajstić information content (AvgIpc) is 3.34. The number of benzene rings is 1. The molecule has 8 nitrogen and oxygen atoms in total. The number of nitrogens with zero attached hydrogens (tertiary/aromatic N) is 4. The second-order valence-electron chi connectivity index (χ2n) is 6.21. The van der Waals surface area contributed by atoms with Gasteiger partial charge in [0.1, 0.15) is 5.82 Å². The summed E-state index contributed by atoms with van der Waals surface area (Å²) in [4.78, 5) is 21.1. The molecule has 3 heterocycles. The van der Waals surface area contributed by atoms with Gasteiger partial charge in [0.25, 0.3) is 0 Å². The summed E-state index contributed by atoms with van der Waals surface area (Å²) in [5, 5.41) is 16.8. The first-order valence-corrected chi connectivity index (χ1v) is 8.77. The number of carbonyl (C=O) groups is 1. The fraction of sp³-hybridized carbons (Fsp3) is 0.222. The van der Waals surface area contributed by atoms with Gasteiger partial charge < -0.3 is 19.8 Å². The number of pyridine rings is 1. The Balaban J connectivity index is 1.46. The van der Waals surface area contributed by atoms with Gasteiger partial charge in [-0.05, 0) is 30.7 Å². The van der Waals surface area contributed by atoms with Crippen molar-refractivity contribution in [2.24, 2.45) is 0 Å². The zero-order valence-electron chi connectivity index (χ0n) is 14.2. The third kappa shape index (κ3) is 3.70. The number of aromatic nitrogens is 3. The number of hydrogen-bond donors (Lipinski definition) is 2. The molecule has 27 heavy (non-hydrogen) atoms. The molecule has 1 aliphatic heterocycles. The van der Waals surface area contributed by atoms with Crippen LogP contribution in [0.25, 0.3) is 11.4 Å². The molecule has 0 saturated carbocycles. The van der Waals surface area contributed by atoms with Gasteiger partial charge in [-0.15, -0.1) is 0 Å². The molecule has 9 heteroatoms. The van der Waals surface area contributed by atoms with Crippen molar-refractivity contribution in [3.05, 3.63) is 53.5 Å². The maximum atomic E-state index is 11.0. The smallest absolute Gasteiger partial charge is 0.407 e. The third-order valence-corrected chi connectivity index (χ3v) is 4.74. The fourth-order valence-corrected chi connectivity index (χ4v) is 3.14. The third-order valence-electron chi connectivity index (χ3n) is 4.41. The van der Waals surface area contributed by atoms with E-state index in [4.69, 9.17) is 21.2 Å². The van der Waals surface area contributed by atoms with E-state index in [1.165, 1.54) is 4.90 Å². The van der Waals surface area contributed by atoms with E-state index in [2.05, 4.69) is 20.4 Å². The summed E-state index contributed by atoms with van der Waals surface area (Å²) in [5.74, 6) is 1.45. The lowest BCUT2D eigenvalue weighted by Crippen LogP contribution is -2.26. The lowest BCUT2D eigenvalue weighted by Gasteiger charge is -2.09. The van der Waals surface area contributed by atoms with Crippen LogP contribution in [0.2, 0.25) is 5.02 Å². The number of likely N-dealkylation sites (tertiary alicyclic amines) is 1. The van der Waals surface area contributed by atoms with Crippen LogP contribution in [0.15, 0.2) is 47.1 Å². The molecular formula is C18H16ClN5O3. The summed E-state index contributed by atoms with van der Waals surface area (Å²) in [6, 6.07) is 11.0. The predicted octanol–water partition coefficient (Wildman–Crippen LogP) is 4.00. The number of amides is 1. The topological polar surface area (TPSA) is 104 Å². The van der Waals surface area contributed by atoms with Crippen LogP contribution in [0.1, 0.15) is 18.2 Å². The molecule has 138 valence electrons. The van der Waals surface area contributed by atoms with Gasteiger partial charge >= 0.3 is 6.09 Å². The van der Waals surface area contributed by atoms with Crippen LogP contribution < -0.4 is 5.32 Å². The van der Waals surface area contributed by atoms with Crippen LogP contribution in [0.5, 0.6) is 0 Å². The van der Waals surface area contributed by atoms with Gasteiger partial charge in [0.15, 0.2) is 0 Å². The van der Waals surface area contributed by atoms with Crippen molar-refractivity contribution in [1.29, 1.82) is 0 Å². The Morgan fingerprint density at radius 1 is 1.30 bits per heavy atom. The average molecular weight is 386 g/mol. The van der Waals surface area contributed by atoms with E-state index < -0.39 is 6.09 Å². The lowest BCUT2D eigenvalue weighted by molar-refractivity contribution is 0.154. The number of halogens is 1. The summed E-state index contributed by atoms with van der Waals surface area (Å²) >= 11 is 6.13. The molecule has 0 unspecified atom stereocenters. The van der Waals surface area contributed by atoms with Crippen LogP contribution in [-0.4, -0.2) is 44.3 Å². The summed E-state index contributed by atoms with van der Waals surface area (Å²) in [5.41, 5.74) is 1.48. The van der Waals surface area contributed by atoms with Crippen molar-refractivity contribution < 1.29 is 14.4 Å². The molecule has 4 rings (SSSR count). The van der Waals surface area contributed by atoms with Crippen molar-refractivity contribution in [3.63, 3.8) is 0 Å². The molecule has 1 aromatic carbocycles. The molecule has 0 radical (unpaired) electrons. The van der Waals surface area contributed by atoms with Gasteiger partial charge in [-0.3, -0.25) is 0 Å². The summed E-state index contributed by atoms with van der Waals surface area (Å²) in [6.07, 6.45) is 1.39. The number of para-hydroxylation sites is 1. The first kappa shape index (κ1) is 17.3. The highest BCUT2D eigenvalue weighted by Gasteiger charge is 2.31. The monoisotopic (exact) mass is 385 g/mol. The maximum absolute atomic E-state index is 11.0. The number of carboxylic acid groups (broad SMARTS) is 1. The van der Waals surface area contributed by atoms with Gasteiger partial charge in [0.05, 0.1) is 16.6 Å². The zero-order valence-corrected chi connectivity index (χ0v) is 14.9. The Labute approximate surface area is 159 Å². The second kappa shape index (κ2) is 7.24. The molecule has 1 fully saturated rings. The van der Waals surface area contributed by atoms with Crippen LogP contribution >= 0.6 is 11.6 Å². The van der Waals surface area contributed by atoms with Crippen molar-refractivity contribution in [2.45, 2.75) is 12.3 Å². The Kier molecular flexibility index (Phi) is 4.64. The molecule has 0 bridgehead atoms. The molecule has 1 atom stereocenters. The van der Waals surface area contributed by atoms with Crippen LogP contribution in [-0.2, 0) is 0 Å². The molecule has 1 aliphatic rings. The van der Waals surface area contributed by atoms with E-state index in [1.807, 2.05) is 24.3 Å². The standard InChI is InChI=1S/C18H16ClN5O3/c19-13-3-1-2-4-14(13)21-15-6-5-11(9-20-15)16-22-17(27-23-16)12-7-8-24(10-12)18(25)26/h1-6,9,12H,7-8,10H2,(H,20,21)(H,25,26)/t12-/m1/s1. The Morgan fingerprint density at radius 3 is 2.85 bits per heavy atom. The first-order valence-electron chi connectivity index (χ1n) is 8.39. The van der Waals surface area contributed by atoms with Crippen LogP contribution in [0.3, 0.4) is 0 Å². The number of rotatable bonds is 4. The molecule has 1 amide bonds. The molecule has 0 aliphatic carbocycles. The van der Waals surface area contributed by atoms with Crippen molar-refractivity contribution >= 4 is 29.2 Å². The quantitative estimate of drug-likeness (QED) is 0.699. The molecule has 2 aromatic heterocycles. The van der Waals surface area contributed by atoms with E-state index in [0.29, 0.717) is 47.6 Å². The van der Waals surface area contributed by atoms with Crippen LogP contribution in [0.4, 0.5) is 16.3 Å². The van der Waals surface area contributed by atoms with E-state index >= 15 is 0 Å². The SMILES string of the molecule is O=C(O)N1CC[C@@H](c2nc(-c3ccc(Nc4ccccc4Cl)nc3)no2)C1. The molecule has 1 saturated heterocycles. The van der Waals surface area contributed by atoms with Gasteiger partial charge in [-0.25, -0.2) is 9.78 Å². The highest BCUT2D eigenvalue weighted by atomic mass is 35.5. The van der Waals surface area contributed by atoms with Gasteiger partial charge in [-0.2, -0.15) is 4.98 Å². The fourth-order valence-electron chi connectivity index (χ4n) is 2.95. The van der Waals surface area contributed by atoms with Gasteiger partial charge in [0, 0.05) is 24.8 Å². The Hall–Kier alpha value is -3.13. The van der Waals surface area contributed by atoms with E-state index in [1.54, 1.807) is 18.3 Å². The van der Waals surface area contributed by atoms with Crippen LogP contribution in [0, 0.1) is 0 Å². The number of nitrogens with one attached hydrogen (secondary N) is 1. The van der Waals surface area contributed by atoms with Gasteiger partial charge in [-0.1, -0.05) is 28.9 Å². The molecular weight excluding hydrogens is 370 g/mol.